The summed E-state index contributed by atoms with van der Waals surface area (Å²) >= 11 is 6.02. The van der Waals surface area contributed by atoms with E-state index < -0.39 is 5.97 Å². The Morgan fingerprint density at radius 1 is 1.11 bits per heavy atom. The summed E-state index contributed by atoms with van der Waals surface area (Å²) < 4.78 is 0. The highest BCUT2D eigenvalue weighted by molar-refractivity contribution is 6.29. The second-order valence-corrected chi connectivity index (χ2v) is 12.1. The van der Waals surface area contributed by atoms with Gasteiger partial charge in [0.05, 0.1) is 35.1 Å². The van der Waals surface area contributed by atoms with E-state index in [1.807, 2.05) is 34.9 Å². The van der Waals surface area contributed by atoms with Crippen molar-refractivity contribution in [3.63, 3.8) is 0 Å². The minimum absolute atomic E-state index is 0.0144. The highest BCUT2D eigenvalue weighted by atomic mass is 35.5. The molecule has 2 aliphatic rings. The van der Waals surface area contributed by atoms with E-state index in [0.717, 1.165) is 43.5 Å². The van der Waals surface area contributed by atoms with E-state index in [0.29, 0.717) is 41.7 Å². The first-order chi connectivity index (χ1) is 21.1. The molecule has 3 amide bonds. The predicted molar refractivity (Wildman–Crippen MR) is 168 cm³/mol. The number of pyridine rings is 2. The van der Waals surface area contributed by atoms with E-state index in [2.05, 4.69) is 39.2 Å². The Morgan fingerprint density at radius 2 is 1.84 bits per heavy atom. The van der Waals surface area contributed by atoms with Gasteiger partial charge in [-0.15, -0.1) is 0 Å². The number of amides is 3. The van der Waals surface area contributed by atoms with Crippen LogP contribution < -0.4 is 5.32 Å². The molecule has 0 spiro atoms. The fourth-order valence-corrected chi connectivity index (χ4v) is 6.68. The van der Waals surface area contributed by atoms with Crippen molar-refractivity contribution in [2.75, 3.05) is 26.2 Å². The number of halogens is 1. The highest BCUT2D eigenvalue weighted by Crippen LogP contribution is 2.35. The quantitative estimate of drug-likeness (QED) is 0.304. The van der Waals surface area contributed by atoms with Crippen LogP contribution in [0.1, 0.15) is 75.5 Å². The van der Waals surface area contributed by atoms with Crippen LogP contribution >= 0.6 is 11.6 Å². The molecule has 10 nitrogen and oxygen atoms in total. The van der Waals surface area contributed by atoms with Crippen molar-refractivity contribution in [2.24, 2.45) is 0 Å². The number of rotatable bonds is 10. The molecular weight excluding hydrogens is 580 g/mol. The summed E-state index contributed by atoms with van der Waals surface area (Å²) in [6, 6.07) is 15.3. The van der Waals surface area contributed by atoms with Gasteiger partial charge in [0.2, 0.25) is 0 Å². The van der Waals surface area contributed by atoms with Gasteiger partial charge in [-0.3, -0.25) is 9.78 Å². The van der Waals surface area contributed by atoms with E-state index >= 15 is 0 Å². The maximum atomic E-state index is 13.8. The summed E-state index contributed by atoms with van der Waals surface area (Å²) in [6.07, 6.45) is 3.87. The molecule has 232 valence electrons. The van der Waals surface area contributed by atoms with Gasteiger partial charge in [-0.25, -0.2) is 14.6 Å². The summed E-state index contributed by atoms with van der Waals surface area (Å²) in [5.41, 5.74) is 3.90. The molecule has 5 rings (SSSR count). The third-order valence-corrected chi connectivity index (χ3v) is 8.98. The van der Waals surface area contributed by atoms with Crippen molar-refractivity contribution >= 4 is 29.5 Å². The topological polar surface area (TPSA) is 119 Å². The lowest BCUT2D eigenvalue weighted by molar-refractivity contribution is 0.0695. The average Bonchev–Trinajstić information content (AvgIpc) is 3.32. The number of hydrogen-bond donors (Lipinski definition) is 2. The lowest BCUT2D eigenvalue weighted by Gasteiger charge is -2.41. The lowest BCUT2D eigenvalue weighted by Crippen LogP contribution is -2.49. The number of likely N-dealkylation sites (tertiary alicyclic amines) is 1. The van der Waals surface area contributed by atoms with Crippen molar-refractivity contribution < 1.29 is 19.5 Å². The van der Waals surface area contributed by atoms with Gasteiger partial charge >= 0.3 is 12.0 Å². The Balaban J connectivity index is 1.18. The zero-order valence-electron chi connectivity index (χ0n) is 25.4. The van der Waals surface area contributed by atoms with Gasteiger partial charge in [0.25, 0.3) is 5.91 Å². The third kappa shape index (κ3) is 7.03. The molecule has 1 aromatic carbocycles. The molecule has 0 bridgehead atoms. The lowest BCUT2D eigenvalue weighted by atomic mass is 9.98. The monoisotopic (exact) mass is 618 g/mol. The van der Waals surface area contributed by atoms with Crippen molar-refractivity contribution in [1.82, 2.24) is 30.0 Å². The van der Waals surface area contributed by atoms with Crippen molar-refractivity contribution in [3.05, 3.63) is 93.5 Å². The molecule has 0 aliphatic carbocycles. The number of piperidine rings is 1. The van der Waals surface area contributed by atoms with Crippen LogP contribution in [0.5, 0.6) is 0 Å². The number of aromatic carboxylic acids is 1. The first-order valence-electron chi connectivity index (χ1n) is 15.1. The average molecular weight is 619 g/mol. The van der Waals surface area contributed by atoms with E-state index in [1.54, 1.807) is 19.1 Å². The van der Waals surface area contributed by atoms with Gasteiger partial charge in [0, 0.05) is 44.5 Å². The number of nitrogens with one attached hydrogen (secondary N) is 1. The fraction of sp³-hybridized carbons (Fsp3) is 0.424. The summed E-state index contributed by atoms with van der Waals surface area (Å²) in [4.78, 5) is 52.7. The zero-order valence-corrected chi connectivity index (χ0v) is 26.1. The summed E-state index contributed by atoms with van der Waals surface area (Å²) in [6.45, 7) is 9.00. The van der Waals surface area contributed by atoms with E-state index in [-0.39, 0.29) is 35.6 Å². The molecule has 0 saturated carbocycles. The number of nitrogens with zero attached hydrogens (tertiary/aromatic N) is 5. The first kappa shape index (κ1) is 31.4. The smallest absolute Gasteiger partial charge is 0.337 e. The molecule has 2 aliphatic heterocycles. The molecule has 2 unspecified atom stereocenters. The van der Waals surface area contributed by atoms with E-state index in [4.69, 9.17) is 11.6 Å². The van der Waals surface area contributed by atoms with Crippen LogP contribution in [0.3, 0.4) is 0 Å². The number of hydrogen-bond acceptors (Lipinski definition) is 6. The van der Waals surface area contributed by atoms with Crippen LogP contribution in [-0.4, -0.2) is 85.9 Å². The molecule has 2 atom stereocenters. The standard InChI is InChI=1S/C33H39ClN6O4/c1-21-17-29(34)37-23(3)30(21)31(41)35-14-11-22(2)38-15-12-27(13-16-38)40-28(24-7-5-4-6-8-24)20-39(33(40)44)19-26-10-9-25(18-36-26)32(42)43/h4-10,17-18,22,27-28H,11-16,19-20H2,1-3H3,(H,35,41)(H,42,43). The maximum Gasteiger partial charge on any atom is 0.337 e. The van der Waals surface area contributed by atoms with Crippen LogP contribution in [0.4, 0.5) is 4.79 Å². The van der Waals surface area contributed by atoms with Crippen LogP contribution in [-0.2, 0) is 6.54 Å². The van der Waals surface area contributed by atoms with Gasteiger partial charge in [-0.05, 0) is 69.4 Å². The number of aromatic nitrogens is 2. The Bertz CT molecular complexity index is 1470. The minimum Gasteiger partial charge on any atom is -0.478 e. The number of benzene rings is 1. The Hall–Kier alpha value is -4.02. The van der Waals surface area contributed by atoms with Gasteiger partial charge in [-0.2, -0.15) is 0 Å². The van der Waals surface area contributed by atoms with Gasteiger partial charge < -0.3 is 25.1 Å². The van der Waals surface area contributed by atoms with Crippen molar-refractivity contribution in [2.45, 2.75) is 64.7 Å². The predicted octanol–water partition coefficient (Wildman–Crippen LogP) is 5.10. The van der Waals surface area contributed by atoms with Crippen LogP contribution in [0.2, 0.25) is 5.15 Å². The SMILES string of the molecule is Cc1cc(Cl)nc(C)c1C(=O)NCCC(C)N1CCC(N2C(=O)N(Cc3ccc(C(=O)O)cn3)CC2c2ccccc2)CC1. The number of carbonyl (C=O) groups is 3. The highest BCUT2D eigenvalue weighted by Gasteiger charge is 2.43. The van der Waals surface area contributed by atoms with Crippen LogP contribution in [0.15, 0.2) is 54.7 Å². The first-order valence-corrected chi connectivity index (χ1v) is 15.5. The number of carbonyl (C=O) groups excluding carboxylic acids is 2. The normalized spacial score (nSPS) is 18.5. The summed E-state index contributed by atoms with van der Waals surface area (Å²) in [5.74, 6) is -1.16. The molecule has 0 radical (unpaired) electrons. The second-order valence-electron chi connectivity index (χ2n) is 11.7. The molecular formula is C33H39ClN6O4. The Morgan fingerprint density at radius 3 is 2.48 bits per heavy atom. The largest absolute Gasteiger partial charge is 0.478 e. The zero-order chi connectivity index (χ0) is 31.4. The number of urea groups is 1. The number of carboxylic acids is 1. The molecule has 2 N–H and O–H groups in total. The molecule has 2 saturated heterocycles. The Labute approximate surface area is 263 Å². The molecule has 2 aromatic heterocycles. The molecule has 4 heterocycles. The van der Waals surface area contributed by atoms with Crippen molar-refractivity contribution in [3.8, 4) is 0 Å². The third-order valence-electron chi connectivity index (χ3n) is 8.79. The molecule has 11 heteroatoms. The van der Waals surface area contributed by atoms with E-state index in [1.165, 1.54) is 12.3 Å². The minimum atomic E-state index is -1.03. The van der Waals surface area contributed by atoms with Gasteiger partial charge in [-0.1, -0.05) is 41.9 Å². The number of aryl methyl sites for hydroxylation is 2. The Kier molecular flexibility index (Phi) is 9.80. The summed E-state index contributed by atoms with van der Waals surface area (Å²) in [7, 11) is 0. The molecule has 3 aromatic rings. The van der Waals surface area contributed by atoms with Gasteiger partial charge in [0.15, 0.2) is 0 Å². The molecule has 2 fully saturated rings. The number of carboxylic acid groups (broad SMARTS) is 1. The van der Waals surface area contributed by atoms with Crippen molar-refractivity contribution in [1.29, 1.82) is 0 Å². The maximum absolute atomic E-state index is 13.8. The molecule has 44 heavy (non-hydrogen) atoms. The summed E-state index contributed by atoms with van der Waals surface area (Å²) in [5, 5.41) is 12.6. The van der Waals surface area contributed by atoms with Gasteiger partial charge in [0.1, 0.15) is 5.15 Å². The van der Waals surface area contributed by atoms with Crippen LogP contribution in [0, 0.1) is 13.8 Å². The van der Waals surface area contributed by atoms with E-state index in [9.17, 15) is 19.5 Å². The second kappa shape index (κ2) is 13.7. The van der Waals surface area contributed by atoms with Crippen LogP contribution in [0.25, 0.3) is 0 Å². The fourth-order valence-electron chi connectivity index (χ4n) is 6.39.